The van der Waals surface area contributed by atoms with Crippen LogP contribution in [0.15, 0.2) is 29.3 Å². The topological polar surface area (TPSA) is 67.1 Å². The second kappa shape index (κ2) is 9.03. The van der Waals surface area contributed by atoms with E-state index in [0.717, 1.165) is 50.1 Å². The molecular weight excluding hydrogens is 451 g/mol. The van der Waals surface area contributed by atoms with Crippen molar-refractivity contribution in [2.45, 2.75) is 45.1 Å². The summed E-state index contributed by atoms with van der Waals surface area (Å²) >= 11 is 0. The van der Waals surface area contributed by atoms with Crippen molar-refractivity contribution in [1.29, 1.82) is 0 Å². The first-order valence-electron chi connectivity index (χ1n) is 9.65. The number of guanidine groups is 1. The number of aromatic nitrogens is 3. The Hall–Kier alpha value is -1.64. The smallest absolute Gasteiger partial charge is 0.191 e. The summed E-state index contributed by atoms with van der Waals surface area (Å²) in [4.78, 5) is 4.40. The van der Waals surface area contributed by atoms with Crippen LogP contribution >= 0.6 is 24.0 Å². The lowest BCUT2D eigenvalue weighted by molar-refractivity contribution is 0.358. The van der Waals surface area contributed by atoms with E-state index in [2.05, 4.69) is 54.7 Å². The van der Waals surface area contributed by atoms with E-state index >= 15 is 0 Å². The maximum Gasteiger partial charge on any atom is 0.191 e. The van der Waals surface area contributed by atoms with Crippen LogP contribution in [0, 0.1) is 12.8 Å². The van der Waals surface area contributed by atoms with E-state index in [1.165, 1.54) is 24.0 Å². The number of rotatable bonds is 4. The third kappa shape index (κ3) is 4.44. The van der Waals surface area contributed by atoms with Crippen LogP contribution in [0.2, 0.25) is 0 Å². The van der Waals surface area contributed by atoms with Crippen LogP contribution in [0.4, 0.5) is 0 Å². The lowest BCUT2D eigenvalue weighted by Crippen LogP contribution is -2.42. The Morgan fingerprint density at radius 2 is 1.96 bits per heavy atom. The van der Waals surface area contributed by atoms with Crippen molar-refractivity contribution < 1.29 is 0 Å². The molecule has 0 bridgehead atoms. The van der Waals surface area contributed by atoms with Crippen molar-refractivity contribution in [3.8, 4) is 0 Å². The molecule has 2 N–H and O–H groups in total. The highest BCUT2D eigenvalue weighted by Crippen LogP contribution is 2.32. The van der Waals surface area contributed by atoms with Gasteiger partial charge in [0.25, 0.3) is 0 Å². The summed E-state index contributed by atoms with van der Waals surface area (Å²) in [6.45, 7) is 4.90. The minimum Gasteiger partial charge on any atom is -0.356 e. The maximum atomic E-state index is 4.40. The summed E-state index contributed by atoms with van der Waals surface area (Å²) in [6, 6.07) is 8.81. The number of halogens is 1. The van der Waals surface area contributed by atoms with E-state index in [0.29, 0.717) is 11.8 Å². The van der Waals surface area contributed by atoms with E-state index in [-0.39, 0.29) is 24.0 Å². The summed E-state index contributed by atoms with van der Waals surface area (Å²) in [6.07, 6.45) is 4.58. The predicted octanol–water partition coefficient (Wildman–Crippen LogP) is 2.66. The molecule has 1 aromatic heterocycles. The van der Waals surface area contributed by atoms with Crippen LogP contribution in [-0.4, -0.2) is 40.9 Å². The summed E-state index contributed by atoms with van der Waals surface area (Å²) in [5, 5.41) is 15.5. The predicted molar refractivity (Wildman–Crippen MR) is 119 cm³/mol. The van der Waals surface area contributed by atoms with Crippen molar-refractivity contribution in [2.24, 2.45) is 10.9 Å². The van der Waals surface area contributed by atoms with Crippen molar-refractivity contribution in [3.05, 3.63) is 47.0 Å². The molecular formula is C20H29IN6. The molecule has 0 saturated carbocycles. The average molecular weight is 480 g/mol. The van der Waals surface area contributed by atoms with Gasteiger partial charge in [0.05, 0.1) is 0 Å². The summed E-state index contributed by atoms with van der Waals surface area (Å²) in [5.74, 6) is 4.22. The molecule has 2 heterocycles. The van der Waals surface area contributed by atoms with Crippen LogP contribution in [0.25, 0.3) is 0 Å². The molecule has 7 heteroatoms. The summed E-state index contributed by atoms with van der Waals surface area (Å²) < 4.78 is 2.25. The molecule has 0 saturated heterocycles. The highest BCUT2D eigenvalue weighted by atomic mass is 127. The van der Waals surface area contributed by atoms with Crippen molar-refractivity contribution in [3.63, 3.8) is 0 Å². The zero-order chi connectivity index (χ0) is 17.9. The molecule has 2 unspecified atom stereocenters. The fourth-order valence-electron chi connectivity index (χ4n) is 4.24. The van der Waals surface area contributed by atoms with Gasteiger partial charge in [-0.1, -0.05) is 24.3 Å². The Bertz CT molecular complexity index is 800. The minimum absolute atomic E-state index is 0. The SMILES string of the molecule is CN=C(NCC1CCc2nnc(C)n2C1)NCC1CCc2ccccc21.I. The Balaban J connectivity index is 0.00000210. The van der Waals surface area contributed by atoms with Gasteiger partial charge < -0.3 is 15.2 Å². The van der Waals surface area contributed by atoms with Gasteiger partial charge in [-0.05, 0) is 43.2 Å². The van der Waals surface area contributed by atoms with Crippen LogP contribution in [0.5, 0.6) is 0 Å². The normalized spacial score (nSPS) is 21.2. The van der Waals surface area contributed by atoms with Crippen molar-refractivity contribution in [1.82, 2.24) is 25.4 Å². The first-order valence-corrected chi connectivity index (χ1v) is 9.65. The molecule has 2 aromatic rings. The van der Waals surface area contributed by atoms with Crippen LogP contribution in [-0.2, 0) is 19.4 Å². The van der Waals surface area contributed by atoms with Gasteiger partial charge in [-0.2, -0.15) is 0 Å². The van der Waals surface area contributed by atoms with Crippen LogP contribution < -0.4 is 10.6 Å². The fraction of sp³-hybridized carbons (Fsp3) is 0.550. The number of fused-ring (bicyclic) bond motifs is 2. The molecule has 4 rings (SSSR count). The number of benzene rings is 1. The standard InChI is InChI=1S/C20H28N6.HI/c1-14-24-25-19-10-7-15(13-26(14)19)11-22-20(21-2)23-12-17-9-8-16-5-3-4-6-18(16)17;/h3-6,15,17H,7-13H2,1-2H3,(H2,21,22,23);1H. The highest BCUT2D eigenvalue weighted by molar-refractivity contribution is 14.0. The average Bonchev–Trinajstić information content (AvgIpc) is 3.26. The van der Waals surface area contributed by atoms with E-state index in [9.17, 15) is 0 Å². The molecule has 6 nitrogen and oxygen atoms in total. The monoisotopic (exact) mass is 480 g/mol. The first kappa shape index (κ1) is 20.1. The van der Waals surface area contributed by atoms with Crippen LogP contribution in [0.3, 0.4) is 0 Å². The highest BCUT2D eigenvalue weighted by Gasteiger charge is 2.23. The molecule has 2 atom stereocenters. The van der Waals surface area contributed by atoms with Crippen molar-refractivity contribution in [2.75, 3.05) is 20.1 Å². The van der Waals surface area contributed by atoms with E-state index < -0.39 is 0 Å². The Morgan fingerprint density at radius 1 is 1.15 bits per heavy atom. The summed E-state index contributed by atoms with van der Waals surface area (Å²) in [5.41, 5.74) is 3.00. The molecule has 0 amide bonds. The maximum absolute atomic E-state index is 4.40. The van der Waals surface area contributed by atoms with Crippen molar-refractivity contribution >= 4 is 29.9 Å². The lowest BCUT2D eigenvalue weighted by atomic mass is 9.99. The fourth-order valence-corrected chi connectivity index (χ4v) is 4.24. The minimum atomic E-state index is 0. The molecule has 1 aliphatic heterocycles. The quantitative estimate of drug-likeness (QED) is 0.401. The molecule has 2 aliphatic rings. The van der Waals surface area contributed by atoms with Crippen LogP contribution in [0.1, 0.15) is 41.5 Å². The molecule has 0 spiro atoms. The van der Waals surface area contributed by atoms with E-state index in [1.54, 1.807) is 0 Å². The molecule has 1 aromatic carbocycles. The van der Waals surface area contributed by atoms with Gasteiger partial charge in [0.2, 0.25) is 0 Å². The molecule has 0 fully saturated rings. The molecule has 1 aliphatic carbocycles. The number of hydrogen-bond acceptors (Lipinski definition) is 3. The zero-order valence-corrected chi connectivity index (χ0v) is 18.4. The number of nitrogens with one attached hydrogen (secondary N) is 2. The van der Waals surface area contributed by atoms with Gasteiger partial charge in [-0.3, -0.25) is 4.99 Å². The number of nitrogens with zero attached hydrogens (tertiary/aromatic N) is 4. The number of hydrogen-bond donors (Lipinski definition) is 2. The Kier molecular flexibility index (Phi) is 6.73. The zero-order valence-electron chi connectivity index (χ0n) is 16.1. The van der Waals surface area contributed by atoms with Gasteiger partial charge in [0.1, 0.15) is 11.6 Å². The van der Waals surface area contributed by atoms with E-state index in [4.69, 9.17) is 0 Å². The van der Waals surface area contributed by atoms with Gasteiger partial charge in [0, 0.05) is 39.0 Å². The lowest BCUT2D eigenvalue weighted by Gasteiger charge is -2.25. The third-order valence-electron chi connectivity index (χ3n) is 5.78. The molecule has 27 heavy (non-hydrogen) atoms. The van der Waals surface area contributed by atoms with Gasteiger partial charge in [-0.25, -0.2) is 0 Å². The van der Waals surface area contributed by atoms with Gasteiger partial charge in [0.15, 0.2) is 5.96 Å². The van der Waals surface area contributed by atoms with E-state index in [1.807, 2.05) is 14.0 Å². The molecule has 0 radical (unpaired) electrons. The summed E-state index contributed by atoms with van der Waals surface area (Å²) in [7, 11) is 1.85. The second-order valence-electron chi connectivity index (χ2n) is 7.45. The number of aliphatic imine (C=N–C) groups is 1. The van der Waals surface area contributed by atoms with Gasteiger partial charge in [-0.15, -0.1) is 34.2 Å². The Morgan fingerprint density at radius 3 is 2.81 bits per heavy atom. The Labute approximate surface area is 178 Å². The largest absolute Gasteiger partial charge is 0.356 e. The third-order valence-corrected chi connectivity index (χ3v) is 5.78. The second-order valence-corrected chi connectivity index (χ2v) is 7.45. The first-order chi connectivity index (χ1) is 12.7. The molecule has 146 valence electrons. The van der Waals surface area contributed by atoms with Gasteiger partial charge >= 0.3 is 0 Å². The number of aryl methyl sites for hydroxylation is 3.